The highest BCUT2D eigenvalue weighted by Crippen LogP contribution is 2.25. The van der Waals surface area contributed by atoms with Gasteiger partial charge in [0.1, 0.15) is 6.54 Å². The minimum absolute atomic E-state index is 0.0147. The maximum absolute atomic E-state index is 14.7. The van der Waals surface area contributed by atoms with E-state index in [1.54, 1.807) is 11.8 Å². The molecule has 2 aliphatic heterocycles. The number of rotatable bonds is 7. The van der Waals surface area contributed by atoms with Gasteiger partial charge in [0.25, 0.3) is 5.56 Å². The van der Waals surface area contributed by atoms with Crippen LogP contribution in [0.5, 0.6) is 0 Å². The van der Waals surface area contributed by atoms with Crippen LogP contribution >= 0.6 is 0 Å². The number of halogens is 2. The first-order valence-electron chi connectivity index (χ1n) is 13.9. The zero-order valence-corrected chi connectivity index (χ0v) is 23.5. The van der Waals surface area contributed by atoms with Crippen molar-refractivity contribution >= 4 is 17.6 Å². The fourth-order valence-electron chi connectivity index (χ4n) is 5.75. The first kappa shape index (κ1) is 29.2. The van der Waals surface area contributed by atoms with Gasteiger partial charge >= 0.3 is 11.7 Å². The number of hydrogen-bond donors (Lipinski definition) is 1. The number of nitrogens with one attached hydrogen (secondary N) is 1. The first-order valence-corrected chi connectivity index (χ1v) is 13.9. The lowest BCUT2D eigenvalue weighted by Gasteiger charge is -2.38. The zero-order valence-electron chi connectivity index (χ0n) is 23.5. The summed E-state index contributed by atoms with van der Waals surface area (Å²) in [5.74, 6) is -2.72. The Hall–Kier alpha value is -4.32. The number of carbonyl (C=O) groups excluding carboxylic acids is 2. The lowest BCUT2D eigenvalue weighted by atomic mass is 10.0. The van der Waals surface area contributed by atoms with Crippen LogP contribution in [0, 0.1) is 11.6 Å². The van der Waals surface area contributed by atoms with Gasteiger partial charge in [-0.2, -0.15) is 0 Å². The molecule has 5 rings (SSSR count). The number of carbonyl (C=O) groups is 2. The monoisotopic (exact) mass is 581 g/mol. The van der Waals surface area contributed by atoms with Gasteiger partial charge in [-0.3, -0.25) is 18.7 Å². The Morgan fingerprint density at radius 2 is 1.76 bits per heavy atom. The fraction of sp³-hybridized carbons (Fsp3) is 0.400. The number of hydrogen-bond acceptors (Lipinski definition) is 5. The van der Waals surface area contributed by atoms with Gasteiger partial charge in [-0.15, -0.1) is 0 Å². The number of benzene rings is 2. The Morgan fingerprint density at radius 3 is 2.50 bits per heavy atom. The van der Waals surface area contributed by atoms with E-state index in [2.05, 4.69) is 5.32 Å². The third kappa shape index (κ3) is 5.71. The van der Waals surface area contributed by atoms with Crippen molar-refractivity contribution in [3.05, 3.63) is 86.7 Å². The van der Waals surface area contributed by atoms with Crippen LogP contribution in [0.3, 0.4) is 0 Å². The van der Waals surface area contributed by atoms with Crippen molar-refractivity contribution < 1.29 is 23.1 Å². The average Bonchev–Trinajstić information content (AvgIpc) is 3.14. The van der Waals surface area contributed by atoms with Gasteiger partial charge in [0.15, 0.2) is 11.6 Å². The second-order valence-corrected chi connectivity index (χ2v) is 10.7. The third-order valence-electron chi connectivity index (χ3n) is 7.98. The van der Waals surface area contributed by atoms with Crippen molar-refractivity contribution in [2.24, 2.45) is 0 Å². The van der Waals surface area contributed by atoms with Crippen molar-refractivity contribution in [2.75, 3.05) is 38.7 Å². The molecule has 3 heterocycles. The molecule has 0 radical (unpaired) electrons. The van der Waals surface area contributed by atoms with Crippen LogP contribution in [-0.2, 0) is 22.5 Å². The molecule has 12 heteroatoms. The van der Waals surface area contributed by atoms with Gasteiger partial charge in [0.05, 0.1) is 18.2 Å². The second-order valence-electron chi connectivity index (χ2n) is 10.7. The topological polar surface area (TPSA) is 106 Å². The highest BCUT2D eigenvalue weighted by atomic mass is 19.2. The van der Waals surface area contributed by atoms with E-state index in [1.807, 2.05) is 29.2 Å². The second kappa shape index (κ2) is 12.3. The Kier molecular flexibility index (Phi) is 8.53. The lowest BCUT2D eigenvalue weighted by Crippen LogP contribution is -2.51. The molecule has 1 atom stereocenters. The molecule has 222 valence electrons. The maximum atomic E-state index is 14.7. The molecular weight excluding hydrogens is 548 g/mol. The molecule has 2 aliphatic rings. The summed E-state index contributed by atoms with van der Waals surface area (Å²) in [5.41, 5.74) is -0.232. The van der Waals surface area contributed by atoms with E-state index in [0.717, 1.165) is 39.1 Å². The number of aromatic nitrogens is 2. The van der Waals surface area contributed by atoms with E-state index in [-0.39, 0.29) is 35.7 Å². The first-order chi connectivity index (χ1) is 20.2. The average molecular weight is 582 g/mol. The highest BCUT2D eigenvalue weighted by Gasteiger charge is 2.32. The van der Waals surface area contributed by atoms with E-state index in [0.29, 0.717) is 32.5 Å². The van der Waals surface area contributed by atoms with Gasteiger partial charge in [0, 0.05) is 50.2 Å². The number of urea groups is 1. The summed E-state index contributed by atoms with van der Waals surface area (Å²) in [7, 11) is 1.41. The smallest absolute Gasteiger partial charge is 0.331 e. The molecule has 1 aromatic heterocycles. The predicted molar refractivity (Wildman–Crippen MR) is 152 cm³/mol. The number of para-hydroxylation sites is 1. The largest absolute Gasteiger partial charge is 0.383 e. The van der Waals surface area contributed by atoms with Gasteiger partial charge in [-0.05, 0) is 43.9 Å². The summed E-state index contributed by atoms with van der Waals surface area (Å²) in [5, 5.41) is 2.98. The van der Waals surface area contributed by atoms with Crippen LogP contribution < -0.4 is 16.6 Å². The molecule has 0 bridgehead atoms. The Morgan fingerprint density at radius 1 is 1.02 bits per heavy atom. The van der Waals surface area contributed by atoms with Crippen molar-refractivity contribution in [3.63, 3.8) is 0 Å². The normalized spacial score (nSPS) is 16.5. The van der Waals surface area contributed by atoms with E-state index in [1.165, 1.54) is 19.2 Å². The molecule has 3 aromatic rings. The SMILES string of the molecule is COC[C@H](C)n1c(=O)c(-c2cccc(F)c2F)cn(CC(=O)N2CCC(N3CCc4ccccc4NC3=O)CC2)c1=O. The number of fused-ring (bicyclic) bond motifs is 1. The molecule has 0 unspecified atom stereocenters. The molecule has 0 saturated carbocycles. The molecule has 2 aromatic carbocycles. The van der Waals surface area contributed by atoms with Crippen LogP contribution in [0.4, 0.5) is 19.3 Å². The molecular formula is C30H33F2N5O5. The van der Waals surface area contributed by atoms with E-state index >= 15 is 0 Å². The highest BCUT2D eigenvalue weighted by molar-refractivity contribution is 5.91. The minimum Gasteiger partial charge on any atom is -0.383 e. The zero-order chi connectivity index (χ0) is 30.0. The minimum atomic E-state index is -1.22. The maximum Gasteiger partial charge on any atom is 0.331 e. The van der Waals surface area contributed by atoms with Crippen molar-refractivity contribution in [3.8, 4) is 11.1 Å². The number of nitrogens with zero attached hydrogens (tertiary/aromatic N) is 4. The predicted octanol–water partition coefficient (Wildman–Crippen LogP) is 3.24. The molecule has 1 saturated heterocycles. The summed E-state index contributed by atoms with van der Waals surface area (Å²) < 4.78 is 35.8. The van der Waals surface area contributed by atoms with Gasteiger partial charge in [-0.1, -0.05) is 30.3 Å². The fourth-order valence-corrected chi connectivity index (χ4v) is 5.75. The van der Waals surface area contributed by atoms with Gasteiger partial charge in [0.2, 0.25) is 5.91 Å². The van der Waals surface area contributed by atoms with Crippen LogP contribution in [0.15, 0.2) is 58.3 Å². The summed E-state index contributed by atoms with van der Waals surface area (Å²) in [4.78, 5) is 56.4. The number of anilines is 1. The summed E-state index contributed by atoms with van der Waals surface area (Å²) in [6, 6.07) is 10.2. The van der Waals surface area contributed by atoms with Gasteiger partial charge < -0.3 is 19.9 Å². The molecule has 1 N–H and O–H groups in total. The lowest BCUT2D eigenvalue weighted by molar-refractivity contribution is -0.133. The molecule has 10 nitrogen and oxygen atoms in total. The van der Waals surface area contributed by atoms with Crippen LogP contribution in [0.1, 0.15) is 31.4 Å². The third-order valence-corrected chi connectivity index (χ3v) is 7.98. The molecule has 3 amide bonds. The number of methoxy groups -OCH3 is 1. The van der Waals surface area contributed by atoms with Crippen molar-refractivity contribution in [2.45, 2.75) is 44.8 Å². The van der Waals surface area contributed by atoms with E-state index < -0.39 is 35.5 Å². The van der Waals surface area contributed by atoms with E-state index in [9.17, 15) is 28.0 Å². The Bertz CT molecular complexity index is 1610. The summed E-state index contributed by atoms with van der Waals surface area (Å²) in [6.45, 7) is 2.53. The number of amides is 3. The molecule has 1 fully saturated rings. The molecule has 0 aliphatic carbocycles. The summed E-state index contributed by atoms with van der Waals surface area (Å²) >= 11 is 0. The van der Waals surface area contributed by atoms with Crippen LogP contribution in [0.2, 0.25) is 0 Å². The number of piperidine rings is 1. The summed E-state index contributed by atoms with van der Waals surface area (Å²) in [6.07, 6.45) is 2.97. The number of ether oxygens (including phenoxy) is 1. The Balaban J connectivity index is 1.34. The van der Waals surface area contributed by atoms with Crippen molar-refractivity contribution in [1.82, 2.24) is 18.9 Å². The van der Waals surface area contributed by atoms with Crippen molar-refractivity contribution in [1.29, 1.82) is 0 Å². The number of likely N-dealkylation sites (tertiary alicyclic amines) is 1. The standard InChI is InChI=1S/C30H33F2N5O5/c1-19(18-42-2)37-28(39)23(22-7-5-8-24(31)27(22)32)16-35(30(37)41)17-26(38)34-13-11-21(12-14-34)36-15-10-20-6-3-4-9-25(20)33-29(36)40/h3-9,16,19,21H,10-15,17-18H2,1-2H3,(H,33,40)/t19-/m0/s1. The van der Waals surface area contributed by atoms with Gasteiger partial charge in [-0.25, -0.2) is 18.4 Å². The molecule has 42 heavy (non-hydrogen) atoms. The van der Waals surface area contributed by atoms with Crippen LogP contribution in [0.25, 0.3) is 11.1 Å². The Labute approximate surface area is 241 Å². The van der Waals surface area contributed by atoms with E-state index in [4.69, 9.17) is 4.74 Å². The quantitative estimate of drug-likeness (QED) is 0.461. The molecule has 0 spiro atoms. The van der Waals surface area contributed by atoms with Crippen LogP contribution in [-0.4, -0.2) is 70.3 Å².